The predicted molar refractivity (Wildman–Crippen MR) is 96.1 cm³/mol. The van der Waals surface area contributed by atoms with Crippen LogP contribution in [0.2, 0.25) is 0 Å². The number of nitrogens with one attached hydrogen (secondary N) is 1. The Morgan fingerprint density at radius 1 is 1.19 bits per heavy atom. The van der Waals surface area contributed by atoms with Crippen LogP contribution in [0.3, 0.4) is 0 Å². The van der Waals surface area contributed by atoms with Crippen LogP contribution in [0.1, 0.15) is 19.8 Å². The van der Waals surface area contributed by atoms with Crippen molar-refractivity contribution >= 4 is 21.9 Å². The third kappa shape index (κ3) is 5.03. The Morgan fingerprint density at radius 2 is 1.81 bits per heavy atom. The van der Waals surface area contributed by atoms with Crippen molar-refractivity contribution in [2.45, 2.75) is 36.7 Å². The van der Waals surface area contributed by atoms with Crippen LogP contribution in [-0.2, 0) is 19.6 Å². The van der Waals surface area contributed by atoms with Gasteiger partial charge in [0, 0.05) is 19.1 Å². The molecule has 0 saturated heterocycles. The van der Waals surface area contributed by atoms with E-state index < -0.39 is 16.0 Å². The summed E-state index contributed by atoms with van der Waals surface area (Å²) in [5.41, 5.74) is 0. The monoisotopic (exact) mass is 383 g/mol. The van der Waals surface area contributed by atoms with Crippen LogP contribution in [0.4, 0.5) is 0 Å². The molecule has 8 nitrogen and oxygen atoms in total. The van der Waals surface area contributed by atoms with Crippen molar-refractivity contribution in [2.24, 2.45) is 0 Å². The van der Waals surface area contributed by atoms with E-state index in [-0.39, 0.29) is 36.0 Å². The molecule has 1 aromatic carbocycles. The second-order valence-corrected chi connectivity index (χ2v) is 8.47. The molecule has 0 radical (unpaired) electrons. The van der Waals surface area contributed by atoms with Gasteiger partial charge in [0.25, 0.3) is 0 Å². The van der Waals surface area contributed by atoms with E-state index in [9.17, 15) is 18.0 Å². The third-order valence-electron chi connectivity index (χ3n) is 4.56. The van der Waals surface area contributed by atoms with Crippen molar-refractivity contribution in [3.05, 3.63) is 30.3 Å². The molecule has 1 saturated carbocycles. The van der Waals surface area contributed by atoms with E-state index in [0.717, 1.165) is 4.31 Å². The molecule has 1 fully saturated rings. The molecule has 9 heteroatoms. The topological polar surface area (TPSA) is 107 Å². The van der Waals surface area contributed by atoms with Crippen LogP contribution < -0.4 is 5.32 Å². The van der Waals surface area contributed by atoms with Crippen LogP contribution in [0, 0.1) is 0 Å². The summed E-state index contributed by atoms with van der Waals surface area (Å²) in [5, 5.41) is 11.7. The summed E-state index contributed by atoms with van der Waals surface area (Å²) in [6, 6.07) is 8.04. The number of benzene rings is 1. The Labute approximate surface area is 153 Å². The number of hydrogen-bond donors (Lipinski definition) is 2. The molecular formula is C17H25N3O5S. The van der Waals surface area contributed by atoms with Crippen molar-refractivity contribution in [3.8, 4) is 0 Å². The SMILES string of the molecule is CCN(CC(=O)O)C1CC(NC(=O)CN(C)S(=O)(=O)c2ccccc2)C1. The van der Waals surface area contributed by atoms with Gasteiger partial charge in [-0.2, -0.15) is 4.31 Å². The first-order valence-electron chi connectivity index (χ1n) is 8.50. The van der Waals surface area contributed by atoms with E-state index in [1.165, 1.54) is 19.2 Å². The molecule has 1 amide bonds. The summed E-state index contributed by atoms with van der Waals surface area (Å²) in [6.45, 7) is 2.26. The second kappa shape index (κ2) is 8.61. The van der Waals surface area contributed by atoms with E-state index in [0.29, 0.717) is 19.4 Å². The van der Waals surface area contributed by atoms with E-state index in [2.05, 4.69) is 5.32 Å². The molecule has 1 aliphatic rings. The minimum Gasteiger partial charge on any atom is -0.480 e. The van der Waals surface area contributed by atoms with E-state index in [1.807, 2.05) is 11.8 Å². The lowest BCUT2D eigenvalue weighted by Crippen LogP contribution is -2.56. The Morgan fingerprint density at radius 3 is 2.35 bits per heavy atom. The number of amides is 1. The number of rotatable bonds is 9. The van der Waals surface area contributed by atoms with Gasteiger partial charge in [0.1, 0.15) is 0 Å². The molecule has 26 heavy (non-hydrogen) atoms. The molecule has 0 aliphatic heterocycles. The lowest BCUT2D eigenvalue weighted by Gasteiger charge is -2.42. The minimum atomic E-state index is -3.70. The van der Waals surface area contributed by atoms with Gasteiger partial charge >= 0.3 is 5.97 Å². The van der Waals surface area contributed by atoms with E-state index in [4.69, 9.17) is 5.11 Å². The highest BCUT2D eigenvalue weighted by Gasteiger charge is 2.35. The van der Waals surface area contributed by atoms with Gasteiger partial charge in [-0.25, -0.2) is 8.42 Å². The Hall–Kier alpha value is -1.97. The van der Waals surface area contributed by atoms with Crippen molar-refractivity contribution in [3.63, 3.8) is 0 Å². The zero-order valence-corrected chi connectivity index (χ0v) is 15.8. The van der Waals surface area contributed by atoms with Gasteiger partial charge in [0.2, 0.25) is 15.9 Å². The van der Waals surface area contributed by atoms with Crippen LogP contribution in [-0.4, -0.2) is 73.4 Å². The molecule has 144 valence electrons. The first-order valence-corrected chi connectivity index (χ1v) is 9.94. The van der Waals surface area contributed by atoms with Gasteiger partial charge in [0.15, 0.2) is 0 Å². The normalized spacial score (nSPS) is 20.0. The highest BCUT2D eigenvalue weighted by Crippen LogP contribution is 2.25. The highest BCUT2D eigenvalue weighted by atomic mass is 32.2. The van der Waals surface area contributed by atoms with Crippen molar-refractivity contribution in [1.29, 1.82) is 0 Å². The fraction of sp³-hybridized carbons (Fsp3) is 0.529. The number of hydrogen-bond acceptors (Lipinski definition) is 5. The maximum absolute atomic E-state index is 12.4. The molecule has 0 aromatic heterocycles. The molecule has 0 atom stereocenters. The quantitative estimate of drug-likeness (QED) is 0.638. The van der Waals surface area contributed by atoms with E-state index in [1.54, 1.807) is 18.2 Å². The van der Waals surface area contributed by atoms with Crippen LogP contribution in [0.5, 0.6) is 0 Å². The van der Waals surface area contributed by atoms with Gasteiger partial charge in [-0.3, -0.25) is 14.5 Å². The number of carbonyl (C=O) groups is 2. The summed E-state index contributed by atoms with van der Waals surface area (Å²) in [4.78, 5) is 25.0. The molecule has 1 aromatic rings. The van der Waals surface area contributed by atoms with Gasteiger partial charge in [-0.15, -0.1) is 0 Å². The van der Waals surface area contributed by atoms with Crippen molar-refractivity contribution < 1.29 is 23.1 Å². The zero-order valence-electron chi connectivity index (χ0n) is 15.0. The molecule has 0 spiro atoms. The molecular weight excluding hydrogens is 358 g/mol. The number of sulfonamides is 1. The number of likely N-dealkylation sites (N-methyl/N-ethyl adjacent to an activating group) is 2. The molecule has 2 N–H and O–H groups in total. The highest BCUT2D eigenvalue weighted by molar-refractivity contribution is 7.89. The van der Waals surface area contributed by atoms with Crippen LogP contribution in [0.25, 0.3) is 0 Å². The molecule has 2 rings (SSSR count). The van der Waals surface area contributed by atoms with Crippen LogP contribution in [0.15, 0.2) is 35.2 Å². The lowest BCUT2D eigenvalue weighted by atomic mass is 9.85. The first-order chi connectivity index (χ1) is 12.2. The smallest absolute Gasteiger partial charge is 0.317 e. The molecule has 1 aliphatic carbocycles. The average molecular weight is 383 g/mol. The van der Waals surface area contributed by atoms with Gasteiger partial charge in [-0.1, -0.05) is 25.1 Å². The first kappa shape index (κ1) is 20.3. The summed E-state index contributed by atoms with van der Waals surface area (Å²) in [6.07, 6.45) is 1.34. The van der Waals surface area contributed by atoms with Crippen molar-refractivity contribution in [1.82, 2.24) is 14.5 Å². The van der Waals surface area contributed by atoms with Gasteiger partial charge in [-0.05, 0) is 31.5 Å². The number of carboxylic acid groups (broad SMARTS) is 1. The summed E-state index contributed by atoms with van der Waals surface area (Å²) >= 11 is 0. The Kier molecular flexibility index (Phi) is 6.74. The van der Waals surface area contributed by atoms with Gasteiger partial charge in [0.05, 0.1) is 18.0 Å². The molecule has 0 bridgehead atoms. The Balaban J connectivity index is 1.82. The Bertz CT molecular complexity index is 732. The van der Waals surface area contributed by atoms with Crippen LogP contribution >= 0.6 is 0 Å². The third-order valence-corrected chi connectivity index (χ3v) is 6.37. The summed E-state index contributed by atoms with van der Waals surface area (Å²) in [7, 11) is -2.33. The fourth-order valence-corrected chi connectivity index (χ4v) is 4.16. The second-order valence-electron chi connectivity index (χ2n) is 6.42. The summed E-state index contributed by atoms with van der Waals surface area (Å²) in [5.74, 6) is -1.23. The number of carbonyl (C=O) groups excluding carboxylic acids is 1. The van der Waals surface area contributed by atoms with E-state index >= 15 is 0 Å². The molecule has 0 unspecified atom stereocenters. The maximum atomic E-state index is 12.4. The number of carboxylic acids is 1. The minimum absolute atomic E-state index is 0.0140. The standard InChI is InChI=1S/C17H25N3O5S/c1-3-20(12-17(22)23)14-9-13(10-14)18-16(21)11-19(2)26(24,25)15-7-5-4-6-8-15/h4-8,13-14H,3,9-12H2,1-2H3,(H,18,21)(H,22,23). The number of aliphatic carboxylic acids is 1. The molecule has 0 heterocycles. The van der Waals surface area contributed by atoms with Gasteiger partial charge < -0.3 is 10.4 Å². The largest absolute Gasteiger partial charge is 0.480 e. The zero-order chi connectivity index (χ0) is 19.3. The summed E-state index contributed by atoms with van der Waals surface area (Å²) < 4.78 is 25.8. The van der Waals surface area contributed by atoms with Crippen molar-refractivity contribution in [2.75, 3.05) is 26.7 Å². The fourth-order valence-electron chi connectivity index (χ4n) is 3.01. The lowest BCUT2D eigenvalue weighted by molar-refractivity contribution is -0.139. The predicted octanol–water partition coefficient (Wildman–Crippen LogP) is 0.361. The maximum Gasteiger partial charge on any atom is 0.317 e. The number of nitrogens with zero attached hydrogens (tertiary/aromatic N) is 2. The average Bonchev–Trinajstić information content (AvgIpc) is 2.56.